The van der Waals surface area contributed by atoms with Gasteiger partial charge in [0.2, 0.25) is 5.91 Å². The largest absolute Gasteiger partial charge is 0.494 e. The molecule has 3 N–H and O–H groups in total. The van der Waals surface area contributed by atoms with E-state index < -0.39 is 5.54 Å². The van der Waals surface area contributed by atoms with Gasteiger partial charge in [0.15, 0.2) is 0 Å². The number of nitrogens with two attached hydrogens (primary N) is 1. The van der Waals surface area contributed by atoms with Gasteiger partial charge >= 0.3 is 0 Å². The zero-order valence-electron chi connectivity index (χ0n) is 12.7. The van der Waals surface area contributed by atoms with Crippen LogP contribution < -0.4 is 15.8 Å². The zero-order chi connectivity index (χ0) is 15.3. The predicted octanol–water partition coefficient (Wildman–Crippen LogP) is 1.77. The quantitative estimate of drug-likeness (QED) is 0.867. The molecule has 5 heteroatoms. The molecule has 21 heavy (non-hydrogen) atoms. The van der Waals surface area contributed by atoms with Crippen molar-refractivity contribution in [3.63, 3.8) is 0 Å². The predicted molar refractivity (Wildman–Crippen MR) is 81.1 cm³/mol. The van der Waals surface area contributed by atoms with Crippen LogP contribution in [0.25, 0.3) is 0 Å². The summed E-state index contributed by atoms with van der Waals surface area (Å²) < 4.78 is 10.8. The summed E-state index contributed by atoms with van der Waals surface area (Å²) in [7, 11) is 0. The fraction of sp³-hybridized carbons (Fsp3) is 0.562. The summed E-state index contributed by atoms with van der Waals surface area (Å²) in [5.74, 6) is 0.699. The number of hydrogen-bond donors (Lipinski definition) is 2. The maximum absolute atomic E-state index is 12.4. The second-order valence-corrected chi connectivity index (χ2v) is 5.47. The maximum Gasteiger partial charge on any atom is 0.240 e. The third-order valence-electron chi connectivity index (χ3n) is 3.85. The third-order valence-corrected chi connectivity index (χ3v) is 3.85. The number of benzene rings is 1. The Morgan fingerprint density at radius 1 is 1.48 bits per heavy atom. The lowest BCUT2D eigenvalue weighted by Crippen LogP contribution is -2.57. The van der Waals surface area contributed by atoms with Crippen LogP contribution in [-0.2, 0) is 9.53 Å². The van der Waals surface area contributed by atoms with Gasteiger partial charge in [-0.25, -0.2) is 0 Å². The van der Waals surface area contributed by atoms with Crippen molar-refractivity contribution in [2.45, 2.75) is 38.3 Å². The van der Waals surface area contributed by atoms with E-state index in [4.69, 9.17) is 15.2 Å². The highest BCUT2D eigenvalue weighted by molar-refractivity contribution is 5.86. The number of hydrogen-bond acceptors (Lipinski definition) is 4. The van der Waals surface area contributed by atoms with Crippen molar-refractivity contribution in [1.82, 2.24) is 5.32 Å². The SMILES string of the molecule is CCOc1cccc(C(C)NC(=O)C2(N)CCOCC2)c1. The van der Waals surface area contributed by atoms with Crippen molar-refractivity contribution in [2.75, 3.05) is 19.8 Å². The van der Waals surface area contributed by atoms with Gasteiger partial charge in [-0.3, -0.25) is 4.79 Å². The molecule has 1 amide bonds. The number of carbonyl (C=O) groups excluding carboxylic acids is 1. The molecular weight excluding hydrogens is 268 g/mol. The lowest BCUT2D eigenvalue weighted by atomic mass is 9.90. The minimum atomic E-state index is -0.815. The molecule has 0 saturated carbocycles. The van der Waals surface area contributed by atoms with Gasteiger partial charge in [-0.05, 0) is 44.4 Å². The molecule has 1 fully saturated rings. The summed E-state index contributed by atoms with van der Waals surface area (Å²) >= 11 is 0. The average Bonchev–Trinajstić information content (AvgIpc) is 2.48. The van der Waals surface area contributed by atoms with Crippen LogP contribution in [0.15, 0.2) is 24.3 Å². The van der Waals surface area contributed by atoms with Crippen molar-refractivity contribution in [2.24, 2.45) is 5.73 Å². The first-order valence-electron chi connectivity index (χ1n) is 7.45. The Labute approximate surface area is 125 Å². The molecule has 0 radical (unpaired) electrons. The standard InChI is InChI=1S/C16H24N2O3/c1-3-21-14-6-4-5-13(11-14)12(2)18-15(19)16(17)7-9-20-10-8-16/h4-6,11-12H,3,7-10,17H2,1-2H3,(H,18,19). The van der Waals surface area contributed by atoms with Crippen molar-refractivity contribution in [1.29, 1.82) is 0 Å². The van der Waals surface area contributed by atoms with E-state index >= 15 is 0 Å². The average molecular weight is 292 g/mol. The van der Waals surface area contributed by atoms with E-state index in [0.29, 0.717) is 32.7 Å². The number of nitrogens with one attached hydrogen (secondary N) is 1. The van der Waals surface area contributed by atoms with Gasteiger partial charge < -0.3 is 20.5 Å². The van der Waals surface area contributed by atoms with E-state index in [-0.39, 0.29) is 11.9 Å². The van der Waals surface area contributed by atoms with Crippen molar-refractivity contribution >= 4 is 5.91 Å². The molecule has 1 saturated heterocycles. The molecule has 2 rings (SSSR count). The van der Waals surface area contributed by atoms with Gasteiger partial charge in [0.1, 0.15) is 5.75 Å². The third kappa shape index (κ3) is 3.95. The number of ether oxygens (including phenoxy) is 2. The molecule has 1 atom stereocenters. The lowest BCUT2D eigenvalue weighted by Gasteiger charge is -2.33. The topological polar surface area (TPSA) is 73.6 Å². The second-order valence-electron chi connectivity index (χ2n) is 5.47. The van der Waals surface area contributed by atoms with E-state index in [1.54, 1.807) is 0 Å². The van der Waals surface area contributed by atoms with Crippen LogP contribution in [0.5, 0.6) is 5.75 Å². The highest BCUT2D eigenvalue weighted by Gasteiger charge is 2.36. The van der Waals surface area contributed by atoms with Gasteiger partial charge in [-0.15, -0.1) is 0 Å². The number of rotatable bonds is 5. The summed E-state index contributed by atoms with van der Waals surface area (Å²) in [4.78, 5) is 12.4. The van der Waals surface area contributed by atoms with Crippen molar-refractivity contribution in [3.8, 4) is 5.75 Å². The molecule has 0 bridgehead atoms. The summed E-state index contributed by atoms with van der Waals surface area (Å²) in [5.41, 5.74) is 6.38. The Kier molecular flexibility index (Phi) is 5.20. The molecule has 1 heterocycles. The van der Waals surface area contributed by atoms with Crippen LogP contribution >= 0.6 is 0 Å². The Morgan fingerprint density at radius 3 is 2.86 bits per heavy atom. The minimum absolute atomic E-state index is 0.110. The maximum atomic E-state index is 12.4. The van der Waals surface area contributed by atoms with Crippen LogP contribution in [-0.4, -0.2) is 31.3 Å². The van der Waals surface area contributed by atoms with Crippen LogP contribution in [0.3, 0.4) is 0 Å². The summed E-state index contributed by atoms with van der Waals surface area (Å²) in [5, 5.41) is 3.00. The molecule has 116 valence electrons. The Bertz CT molecular complexity index is 484. The summed E-state index contributed by atoms with van der Waals surface area (Å²) in [6.07, 6.45) is 1.12. The first kappa shape index (κ1) is 15.8. The van der Waals surface area contributed by atoms with Crippen LogP contribution in [0.1, 0.15) is 38.3 Å². The van der Waals surface area contributed by atoms with E-state index in [9.17, 15) is 4.79 Å². The first-order valence-corrected chi connectivity index (χ1v) is 7.45. The van der Waals surface area contributed by atoms with E-state index in [1.807, 2.05) is 38.1 Å². The summed E-state index contributed by atoms with van der Waals surface area (Å²) in [6, 6.07) is 7.64. The molecule has 0 spiro atoms. The Hall–Kier alpha value is -1.59. The second kappa shape index (κ2) is 6.91. The molecular formula is C16H24N2O3. The Balaban J connectivity index is 2.01. The van der Waals surface area contributed by atoms with Crippen LogP contribution in [0.2, 0.25) is 0 Å². The van der Waals surface area contributed by atoms with Gasteiger partial charge in [-0.2, -0.15) is 0 Å². The number of amides is 1. The molecule has 1 aliphatic heterocycles. The lowest BCUT2D eigenvalue weighted by molar-refractivity contribution is -0.130. The fourth-order valence-corrected chi connectivity index (χ4v) is 2.43. The zero-order valence-corrected chi connectivity index (χ0v) is 12.7. The molecule has 0 aliphatic carbocycles. The molecule has 5 nitrogen and oxygen atoms in total. The van der Waals surface area contributed by atoms with E-state index in [2.05, 4.69) is 5.32 Å². The fourth-order valence-electron chi connectivity index (χ4n) is 2.43. The summed E-state index contributed by atoms with van der Waals surface area (Å²) in [6.45, 7) is 5.60. The smallest absolute Gasteiger partial charge is 0.240 e. The van der Waals surface area contributed by atoms with Crippen LogP contribution in [0.4, 0.5) is 0 Å². The molecule has 1 unspecified atom stereocenters. The normalized spacial score (nSPS) is 18.8. The minimum Gasteiger partial charge on any atom is -0.494 e. The van der Waals surface area contributed by atoms with E-state index in [0.717, 1.165) is 11.3 Å². The molecule has 1 aromatic rings. The van der Waals surface area contributed by atoms with Gasteiger partial charge in [0.05, 0.1) is 18.2 Å². The van der Waals surface area contributed by atoms with Gasteiger partial charge in [-0.1, -0.05) is 12.1 Å². The van der Waals surface area contributed by atoms with Gasteiger partial charge in [0, 0.05) is 13.2 Å². The van der Waals surface area contributed by atoms with E-state index in [1.165, 1.54) is 0 Å². The molecule has 1 aliphatic rings. The Morgan fingerprint density at radius 2 is 2.19 bits per heavy atom. The monoisotopic (exact) mass is 292 g/mol. The van der Waals surface area contributed by atoms with Crippen molar-refractivity contribution < 1.29 is 14.3 Å². The number of carbonyl (C=O) groups is 1. The molecule has 1 aromatic carbocycles. The highest BCUT2D eigenvalue weighted by atomic mass is 16.5. The molecule has 0 aromatic heterocycles. The van der Waals surface area contributed by atoms with Crippen LogP contribution in [0, 0.1) is 0 Å². The highest BCUT2D eigenvalue weighted by Crippen LogP contribution is 2.22. The van der Waals surface area contributed by atoms with Gasteiger partial charge in [0.25, 0.3) is 0 Å². The van der Waals surface area contributed by atoms with Crippen molar-refractivity contribution in [3.05, 3.63) is 29.8 Å². The first-order chi connectivity index (χ1) is 10.0.